The van der Waals surface area contributed by atoms with E-state index in [1.807, 2.05) is 0 Å². The van der Waals surface area contributed by atoms with E-state index in [0.29, 0.717) is 18.0 Å². The van der Waals surface area contributed by atoms with Crippen molar-refractivity contribution < 1.29 is 9.32 Å². The van der Waals surface area contributed by atoms with Gasteiger partial charge in [0.2, 0.25) is 11.8 Å². The van der Waals surface area contributed by atoms with Gasteiger partial charge in [-0.05, 0) is 32.6 Å². The molecule has 0 bridgehead atoms. The van der Waals surface area contributed by atoms with Crippen LogP contribution >= 0.6 is 0 Å². The second kappa shape index (κ2) is 6.77. The molecular weight excluding hydrogens is 280 g/mol. The number of nitrogens with zero attached hydrogens (tertiary/aromatic N) is 2. The summed E-state index contributed by atoms with van der Waals surface area (Å²) in [5.74, 6) is 1.45. The molecule has 0 spiro atoms. The summed E-state index contributed by atoms with van der Waals surface area (Å²) < 4.78 is 5.39. The summed E-state index contributed by atoms with van der Waals surface area (Å²) in [6.45, 7) is 9.85. The molecule has 2 N–H and O–H groups in total. The summed E-state index contributed by atoms with van der Waals surface area (Å²) in [6, 6.07) is 0.803. The van der Waals surface area contributed by atoms with E-state index in [0.717, 1.165) is 31.5 Å². The molecule has 1 heterocycles. The molecule has 1 atom stereocenters. The highest BCUT2D eigenvalue weighted by molar-refractivity contribution is 5.73. The van der Waals surface area contributed by atoms with Crippen molar-refractivity contribution in [3.63, 3.8) is 0 Å². The minimum atomic E-state index is -0.0993. The number of amides is 1. The molecule has 0 aliphatic heterocycles. The number of carbonyl (C=O) groups excluding carboxylic acids is 1. The van der Waals surface area contributed by atoms with Gasteiger partial charge in [-0.25, -0.2) is 0 Å². The lowest BCUT2D eigenvalue weighted by Crippen LogP contribution is -2.42. The van der Waals surface area contributed by atoms with E-state index < -0.39 is 0 Å². The van der Waals surface area contributed by atoms with Gasteiger partial charge in [-0.2, -0.15) is 4.98 Å². The summed E-state index contributed by atoms with van der Waals surface area (Å²) in [7, 11) is 0. The molecule has 0 aromatic carbocycles. The SMILES string of the molecule is CC(=O)NC1CCC(NC(C)c2nc(C(C)(C)C)no2)CC1. The predicted molar refractivity (Wildman–Crippen MR) is 84.4 cm³/mol. The van der Waals surface area contributed by atoms with Crippen molar-refractivity contribution in [3.05, 3.63) is 11.7 Å². The van der Waals surface area contributed by atoms with E-state index in [1.165, 1.54) is 0 Å². The van der Waals surface area contributed by atoms with Gasteiger partial charge in [0.05, 0.1) is 6.04 Å². The number of hydrogen-bond donors (Lipinski definition) is 2. The topological polar surface area (TPSA) is 80.0 Å². The van der Waals surface area contributed by atoms with Crippen LogP contribution in [0.15, 0.2) is 4.52 Å². The normalized spacial score (nSPS) is 24.0. The first kappa shape index (κ1) is 16.9. The van der Waals surface area contributed by atoms with Gasteiger partial charge >= 0.3 is 0 Å². The van der Waals surface area contributed by atoms with Crippen LogP contribution in [0.5, 0.6) is 0 Å². The van der Waals surface area contributed by atoms with Crippen LogP contribution in [0.4, 0.5) is 0 Å². The molecule has 6 nitrogen and oxygen atoms in total. The van der Waals surface area contributed by atoms with Crippen molar-refractivity contribution in [3.8, 4) is 0 Å². The first-order valence-corrected chi connectivity index (χ1v) is 8.13. The Morgan fingerprint density at radius 1 is 1.23 bits per heavy atom. The van der Waals surface area contributed by atoms with E-state index in [-0.39, 0.29) is 17.4 Å². The van der Waals surface area contributed by atoms with Crippen molar-refractivity contribution >= 4 is 5.91 Å². The molecule has 1 unspecified atom stereocenters. The maximum absolute atomic E-state index is 11.1. The van der Waals surface area contributed by atoms with Crippen LogP contribution in [-0.2, 0) is 10.2 Å². The van der Waals surface area contributed by atoms with Crippen molar-refractivity contribution in [1.82, 2.24) is 20.8 Å². The predicted octanol–water partition coefficient (Wildman–Crippen LogP) is 2.47. The largest absolute Gasteiger partial charge is 0.354 e. The van der Waals surface area contributed by atoms with Gasteiger partial charge in [-0.3, -0.25) is 4.79 Å². The fourth-order valence-electron chi connectivity index (χ4n) is 2.83. The Kier molecular flexibility index (Phi) is 5.21. The Morgan fingerprint density at radius 3 is 2.32 bits per heavy atom. The maximum atomic E-state index is 11.1. The lowest BCUT2D eigenvalue weighted by Gasteiger charge is -2.30. The van der Waals surface area contributed by atoms with Crippen molar-refractivity contribution in [2.75, 3.05) is 0 Å². The van der Waals surface area contributed by atoms with Gasteiger partial charge in [0.25, 0.3) is 0 Å². The molecule has 124 valence electrons. The lowest BCUT2D eigenvalue weighted by molar-refractivity contribution is -0.119. The molecule has 1 aliphatic rings. The van der Waals surface area contributed by atoms with E-state index in [1.54, 1.807) is 6.92 Å². The average Bonchev–Trinajstić information content (AvgIpc) is 2.90. The molecule has 0 saturated heterocycles. The second-order valence-electron chi connectivity index (χ2n) is 7.34. The standard InChI is InChI=1S/C16H28N4O2/c1-10(14-19-15(20-22-14)16(3,4)5)17-12-6-8-13(9-7-12)18-11(2)21/h10,12-13,17H,6-9H2,1-5H3,(H,18,21). The van der Waals surface area contributed by atoms with Crippen LogP contribution in [0.1, 0.15) is 78.1 Å². The lowest BCUT2D eigenvalue weighted by atomic mass is 9.90. The summed E-state index contributed by atoms with van der Waals surface area (Å²) in [5, 5.41) is 10.6. The zero-order valence-electron chi connectivity index (χ0n) is 14.3. The average molecular weight is 308 g/mol. The summed E-state index contributed by atoms with van der Waals surface area (Å²) >= 11 is 0. The third-order valence-corrected chi connectivity index (χ3v) is 4.10. The number of nitrogens with one attached hydrogen (secondary N) is 2. The molecule has 1 saturated carbocycles. The summed E-state index contributed by atoms with van der Waals surface area (Å²) in [5.41, 5.74) is -0.0993. The molecule has 1 aliphatic carbocycles. The molecule has 0 radical (unpaired) electrons. The summed E-state index contributed by atoms with van der Waals surface area (Å²) in [6.07, 6.45) is 4.13. The molecular formula is C16H28N4O2. The highest BCUT2D eigenvalue weighted by Crippen LogP contribution is 2.24. The highest BCUT2D eigenvalue weighted by atomic mass is 16.5. The minimum Gasteiger partial charge on any atom is -0.354 e. The van der Waals surface area contributed by atoms with Gasteiger partial charge in [0.1, 0.15) is 0 Å². The van der Waals surface area contributed by atoms with Gasteiger partial charge in [-0.1, -0.05) is 25.9 Å². The number of aromatic nitrogens is 2. The first-order valence-electron chi connectivity index (χ1n) is 8.13. The van der Waals surface area contributed by atoms with Gasteiger partial charge in [0.15, 0.2) is 5.82 Å². The quantitative estimate of drug-likeness (QED) is 0.893. The Bertz CT molecular complexity index is 498. The fourth-order valence-corrected chi connectivity index (χ4v) is 2.83. The third kappa shape index (κ3) is 4.53. The Balaban J connectivity index is 1.84. The van der Waals surface area contributed by atoms with E-state index in [2.05, 4.69) is 48.5 Å². The minimum absolute atomic E-state index is 0.0471. The van der Waals surface area contributed by atoms with E-state index >= 15 is 0 Å². The van der Waals surface area contributed by atoms with Crippen molar-refractivity contribution in [1.29, 1.82) is 0 Å². The first-order chi connectivity index (χ1) is 10.3. The molecule has 2 rings (SSSR count). The van der Waals surface area contributed by atoms with Crippen LogP contribution in [0.25, 0.3) is 0 Å². The van der Waals surface area contributed by atoms with Gasteiger partial charge < -0.3 is 15.2 Å². The van der Waals surface area contributed by atoms with Crippen molar-refractivity contribution in [2.45, 2.75) is 83.8 Å². The molecule has 1 aromatic rings. The third-order valence-electron chi connectivity index (χ3n) is 4.10. The van der Waals surface area contributed by atoms with Crippen LogP contribution in [0.3, 0.4) is 0 Å². The number of carbonyl (C=O) groups is 1. The van der Waals surface area contributed by atoms with Crippen LogP contribution < -0.4 is 10.6 Å². The zero-order chi connectivity index (χ0) is 16.3. The molecule has 6 heteroatoms. The van der Waals surface area contributed by atoms with Crippen LogP contribution in [0.2, 0.25) is 0 Å². The number of hydrogen-bond acceptors (Lipinski definition) is 5. The maximum Gasteiger partial charge on any atom is 0.243 e. The monoisotopic (exact) mass is 308 g/mol. The van der Waals surface area contributed by atoms with Crippen LogP contribution in [-0.4, -0.2) is 28.1 Å². The number of rotatable bonds is 4. The van der Waals surface area contributed by atoms with E-state index in [4.69, 9.17) is 4.52 Å². The Morgan fingerprint density at radius 2 is 1.82 bits per heavy atom. The molecule has 1 aromatic heterocycles. The molecule has 1 fully saturated rings. The second-order valence-corrected chi connectivity index (χ2v) is 7.34. The smallest absolute Gasteiger partial charge is 0.243 e. The highest BCUT2D eigenvalue weighted by Gasteiger charge is 2.26. The zero-order valence-corrected chi connectivity index (χ0v) is 14.3. The van der Waals surface area contributed by atoms with Gasteiger partial charge in [-0.15, -0.1) is 0 Å². The summed E-state index contributed by atoms with van der Waals surface area (Å²) in [4.78, 5) is 15.6. The van der Waals surface area contributed by atoms with Crippen LogP contribution in [0, 0.1) is 0 Å². The molecule has 1 amide bonds. The molecule has 22 heavy (non-hydrogen) atoms. The Hall–Kier alpha value is -1.43. The van der Waals surface area contributed by atoms with E-state index in [9.17, 15) is 4.79 Å². The Labute approximate surface area is 132 Å². The fraction of sp³-hybridized carbons (Fsp3) is 0.812. The van der Waals surface area contributed by atoms with Gasteiger partial charge in [0, 0.05) is 24.4 Å². The van der Waals surface area contributed by atoms with Crippen molar-refractivity contribution in [2.24, 2.45) is 0 Å².